The van der Waals surface area contributed by atoms with Crippen molar-refractivity contribution in [2.24, 2.45) is 12.5 Å². The highest BCUT2D eigenvalue weighted by Gasteiger charge is 2.26. The van der Waals surface area contributed by atoms with E-state index in [9.17, 15) is 8.42 Å². The van der Waals surface area contributed by atoms with Gasteiger partial charge in [-0.2, -0.15) is 0 Å². The lowest BCUT2D eigenvalue weighted by Crippen LogP contribution is -2.34. The quantitative estimate of drug-likeness (QED) is 0.749. The zero-order valence-corrected chi connectivity index (χ0v) is 14.2. The molecule has 0 unspecified atom stereocenters. The molecule has 0 aliphatic heterocycles. The van der Waals surface area contributed by atoms with Crippen molar-refractivity contribution in [3.63, 3.8) is 0 Å². The van der Waals surface area contributed by atoms with E-state index in [1.807, 2.05) is 0 Å². The number of aromatic nitrogens is 2. The SMILES string of the molecule is CCCCCC(C)(C)CNS(=O)(=O)c1ncn(C)c1Cl. The number of aryl methyl sites for hydroxylation is 1. The lowest BCUT2D eigenvalue weighted by molar-refractivity contribution is 0.320. The molecule has 0 bridgehead atoms. The largest absolute Gasteiger partial charge is 0.324 e. The third-order valence-corrected chi connectivity index (χ3v) is 5.18. The highest BCUT2D eigenvalue weighted by Crippen LogP contribution is 2.24. The van der Waals surface area contributed by atoms with Gasteiger partial charge in [-0.25, -0.2) is 18.1 Å². The summed E-state index contributed by atoms with van der Waals surface area (Å²) in [5.74, 6) is 0. The van der Waals surface area contributed by atoms with Gasteiger partial charge >= 0.3 is 0 Å². The first kappa shape index (κ1) is 17.5. The average molecular weight is 322 g/mol. The summed E-state index contributed by atoms with van der Waals surface area (Å²) in [5, 5.41) is 0.0207. The summed E-state index contributed by atoms with van der Waals surface area (Å²) in [6, 6.07) is 0. The van der Waals surface area contributed by atoms with E-state index in [-0.39, 0.29) is 15.6 Å². The van der Waals surface area contributed by atoms with Crippen LogP contribution in [0.15, 0.2) is 11.4 Å². The molecule has 0 atom stereocenters. The van der Waals surface area contributed by atoms with Crippen LogP contribution in [0, 0.1) is 5.41 Å². The predicted octanol–water partition coefficient (Wildman–Crippen LogP) is 2.96. The first-order valence-corrected chi connectivity index (χ1v) is 8.72. The number of hydrogen-bond acceptors (Lipinski definition) is 3. The summed E-state index contributed by atoms with van der Waals surface area (Å²) in [6.07, 6.45) is 5.81. The molecular weight excluding hydrogens is 298 g/mol. The van der Waals surface area contributed by atoms with Crippen LogP contribution in [-0.2, 0) is 17.1 Å². The van der Waals surface area contributed by atoms with Crippen molar-refractivity contribution in [3.05, 3.63) is 11.5 Å². The zero-order valence-electron chi connectivity index (χ0n) is 12.6. The molecule has 0 radical (unpaired) electrons. The van der Waals surface area contributed by atoms with Crippen LogP contribution in [0.2, 0.25) is 5.15 Å². The van der Waals surface area contributed by atoms with Gasteiger partial charge in [0.25, 0.3) is 10.0 Å². The van der Waals surface area contributed by atoms with Crippen molar-refractivity contribution in [1.29, 1.82) is 0 Å². The monoisotopic (exact) mass is 321 g/mol. The highest BCUT2D eigenvalue weighted by atomic mass is 35.5. The minimum atomic E-state index is -3.65. The van der Waals surface area contributed by atoms with Gasteiger partial charge in [-0.1, -0.05) is 51.6 Å². The number of nitrogens with zero attached hydrogens (tertiary/aromatic N) is 2. The van der Waals surface area contributed by atoms with Crippen molar-refractivity contribution in [1.82, 2.24) is 14.3 Å². The molecule has 0 aliphatic carbocycles. The Morgan fingerprint density at radius 1 is 1.40 bits per heavy atom. The van der Waals surface area contributed by atoms with Gasteiger partial charge in [0.2, 0.25) is 5.03 Å². The molecule has 1 heterocycles. The lowest BCUT2D eigenvalue weighted by Gasteiger charge is -2.24. The maximum absolute atomic E-state index is 12.2. The Balaban J connectivity index is 2.66. The second-order valence-corrected chi connectivity index (χ2v) is 7.94. The lowest BCUT2D eigenvalue weighted by atomic mass is 9.87. The zero-order chi connectivity index (χ0) is 15.4. The van der Waals surface area contributed by atoms with E-state index < -0.39 is 10.0 Å². The summed E-state index contributed by atoms with van der Waals surface area (Å²) in [6.45, 7) is 6.65. The Hall–Kier alpha value is -0.590. The Morgan fingerprint density at radius 3 is 2.55 bits per heavy atom. The molecule has 1 aromatic heterocycles. The fourth-order valence-corrected chi connectivity index (χ4v) is 3.54. The maximum atomic E-state index is 12.2. The number of nitrogens with one attached hydrogen (secondary N) is 1. The van der Waals surface area contributed by atoms with Crippen LogP contribution in [0.1, 0.15) is 46.5 Å². The molecule has 20 heavy (non-hydrogen) atoms. The number of imidazole rings is 1. The van der Waals surface area contributed by atoms with E-state index in [4.69, 9.17) is 11.6 Å². The number of halogens is 1. The van der Waals surface area contributed by atoms with E-state index in [0.29, 0.717) is 6.54 Å². The molecule has 0 aliphatic rings. The van der Waals surface area contributed by atoms with Gasteiger partial charge < -0.3 is 4.57 Å². The molecule has 0 spiro atoms. The van der Waals surface area contributed by atoms with Crippen molar-refractivity contribution < 1.29 is 8.42 Å². The van der Waals surface area contributed by atoms with Crippen molar-refractivity contribution >= 4 is 21.6 Å². The summed E-state index contributed by atoms with van der Waals surface area (Å²) in [5.41, 5.74) is -0.0799. The number of unbranched alkanes of at least 4 members (excludes halogenated alkanes) is 2. The van der Waals surface area contributed by atoms with E-state index in [2.05, 4.69) is 30.5 Å². The van der Waals surface area contributed by atoms with Gasteiger partial charge in [-0.15, -0.1) is 0 Å². The molecular formula is C13H24ClN3O2S. The van der Waals surface area contributed by atoms with Gasteiger partial charge in [0.1, 0.15) is 5.15 Å². The molecule has 1 N–H and O–H groups in total. The van der Waals surface area contributed by atoms with E-state index in [1.165, 1.54) is 17.3 Å². The van der Waals surface area contributed by atoms with E-state index in [0.717, 1.165) is 19.3 Å². The Labute approximate surface area is 126 Å². The second-order valence-electron chi connectivity index (χ2n) is 5.90. The first-order valence-electron chi connectivity index (χ1n) is 6.86. The van der Waals surface area contributed by atoms with Gasteiger partial charge in [0.15, 0.2) is 0 Å². The van der Waals surface area contributed by atoms with Crippen LogP contribution < -0.4 is 4.72 Å². The minimum absolute atomic E-state index is 0.0799. The van der Waals surface area contributed by atoms with Gasteiger partial charge in [0.05, 0.1) is 6.33 Å². The first-order chi connectivity index (χ1) is 9.19. The summed E-state index contributed by atoms with van der Waals surface area (Å²) >= 11 is 5.93. The fraction of sp³-hybridized carbons (Fsp3) is 0.769. The Morgan fingerprint density at radius 2 is 2.05 bits per heavy atom. The van der Waals surface area contributed by atoms with Crippen LogP contribution in [0.25, 0.3) is 0 Å². The average Bonchev–Trinajstić information content (AvgIpc) is 2.69. The Bertz CT molecular complexity index is 538. The van der Waals surface area contributed by atoms with Crippen LogP contribution in [0.4, 0.5) is 0 Å². The normalized spacial score (nSPS) is 12.8. The van der Waals surface area contributed by atoms with Crippen LogP contribution in [-0.4, -0.2) is 24.5 Å². The third-order valence-electron chi connectivity index (χ3n) is 3.29. The van der Waals surface area contributed by atoms with E-state index >= 15 is 0 Å². The number of sulfonamides is 1. The van der Waals surface area contributed by atoms with Gasteiger partial charge in [0, 0.05) is 13.6 Å². The molecule has 0 saturated heterocycles. The number of hydrogen-bond donors (Lipinski definition) is 1. The van der Waals surface area contributed by atoms with Crippen molar-refractivity contribution in [2.75, 3.05) is 6.54 Å². The molecule has 1 rings (SSSR count). The molecule has 5 nitrogen and oxygen atoms in total. The van der Waals surface area contributed by atoms with Crippen LogP contribution in [0.5, 0.6) is 0 Å². The molecule has 0 saturated carbocycles. The molecule has 0 aromatic carbocycles. The van der Waals surface area contributed by atoms with Crippen molar-refractivity contribution in [3.8, 4) is 0 Å². The maximum Gasteiger partial charge on any atom is 0.261 e. The minimum Gasteiger partial charge on any atom is -0.324 e. The third kappa shape index (κ3) is 4.75. The highest BCUT2D eigenvalue weighted by molar-refractivity contribution is 7.89. The van der Waals surface area contributed by atoms with Gasteiger partial charge in [-0.05, 0) is 11.8 Å². The standard InChI is InChI=1S/C13H24ClN3O2S/c1-5-6-7-8-13(2,3)9-16-20(18,19)12-11(14)17(4)10-15-12/h10,16H,5-9H2,1-4H3. The molecule has 0 amide bonds. The van der Waals surface area contributed by atoms with E-state index in [1.54, 1.807) is 7.05 Å². The molecule has 7 heteroatoms. The van der Waals surface area contributed by atoms with Crippen LogP contribution >= 0.6 is 11.6 Å². The smallest absolute Gasteiger partial charge is 0.261 e. The molecule has 0 fully saturated rings. The Kier molecular flexibility index (Phi) is 6.04. The second kappa shape index (κ2) is 6.91. The van der Waals surface area contributed by atoms with Crippen molar-refractivity contribution in [2.45, 2.75) is 51.5 Å². The molecule has 1 aromatic rings. The fourth-order valence-electron chi connectivity index (χ4n) is 1.87. The van der Waals surface area contributed by atoms with Crippen LogP contribution in [0.3, 0.4) is 0 Å². The summed E-state index contributed by atoms with van der Waals surface area (Å²) < 4.78 is 28.4. The predicted molar refractivity (Wildman–Crippen MR) is 81.3 cm³/mol. The summed E-state index contributed by atoms with van der Waals surface area (Å²) in [7, 11) is -1.99. The topological polar surface area (TPSA) is 64.0 Å². The number of rotatable bonds is 8. The molecule has 116 valence electrons. The summed E-state index contributed by atoms with van der Waals surface area (Å²) in [4.78, 5) is 3.84. The van der Waals surface area contributed by atoms with Gasteiger partial charge in [-0.3, -0.25) is 0 Å².